The number of carbonyl (C=O) groups excluding carboxylic acids is 2. The first-order valence-electron chi connectivity index (χ1n) is 9.68. The third-order valence-corrected chi connectivity index (χ3v) is 4.26. The third-order valence-electron chi connectivity index (χ3n) is 4.26. The van der Waals surface area contributed by atoms with Crippen LogP contribution < -0.4 is 0 Å². The normalized spacial score (nSPS) is 10.8. The lowest BCUT2D eigenvalue weighted by atomic mass is 10.0. The summed E-state index contributed by atoms with van der Waals surface area (Å²) in [6.45, 7) is 3.76. The maximum Gasteiger partial charge on any atom is 0.140 e. The summed E-state index contributed by atoms with van der Waals surface area (Å²) in [4.78, 5) is 22.1. The zero-order valence-electron chi connectivity index (χ0n) is 15.1. The molecule has 0 aliphatic rings. The largest absolute Gasteiger partial charge is 0.300 e. The predicted octanol–water partition coefficient (Wildman–Crippen LogP) is 6.41. The highest BCUT2D eigenvalue weighted by Crippen LogP contribution is 2.13. The van der Waals surface area contributed by atoms with Crippen LogP contribution >= 0.6 is 0 Å². The van der Waals surface area contributed by atoms with Gasteiger partial charge in [-0.05, 0) is 13.3 Å². The second kappa shape index (κ2) is 16.7. The van der Waals surface area contributed by atoms with Crippen LogP contribution in [0.25, 0.3) is 0 Å². The summed E-state index contributed by atoms with van der Waals surface area (Å²) in [5.74, 6) is 0.113. The van der Waals surface area contributed by atoms with E-state index in [2.05, 4.69) is 6.92 Å². The summed E-state index contributed by atoms with van der Waals surface area (Å²) >= 11 is 0. The van der Waals surface area contributed by atoms with E-state index in [1.54, 1.807) is 0 Å². The van der Waals surface area contributed by atoms with Gasteiger partial charge in [0, 0.05) is 6.42 Å². The van der Waals surface area contributed by atoms with E-state index in [1.807, 2.05) is 0 Å². The summed E-state index contributed by atoms with van der Waals surface area (Å²) in [5, 5.41) is 0. The Bertz CT molecular complexity index is 271. The highest BCUT2D eigenvalue weighted by Gasteiger charge is 2.04. The van der Waals surface area contributed by atoms with Crippen molar-refractivity contribution in [3.8, 4) is 0 Å². The molecule has 2 nitrogen and oxygen atoms in total. The van der Waals surface area contributed by atoms with E-state index in [9.17, 15) is 9.59 Å². The van der Waals surface area contributed by atoms with Gasteiger partial charge in [-0.1, -0.05) is 90.4 Å². The van der Waals surface area contributed by atoms with Crippen molar-refractivity contribution >= 4 is 11.6 Å². The molecule has 22 heavy (non-hydrogen) atoms. The van der Waals surface area contributed by atoms with Crippen LogP contribution in [0.4, 0.5) is 0 Å². The average molecular weight is 311 g/mol. The molecule has 0 saturated carbocycles. The zero-order valence-corrected chi connectivity index (χ0v) is 15.1. The van der Waals surface area contributed by atoms with Crippen molar-refractivity contribution in [2.24, 2.45) is 0 Å². The van der Waals surface area contributed by atoms with Crippen LogP contribution in [-0.4, -0.2) is 11.6 Å². The van der Waals surface area contributed by atoms with Gasteiger partial charge in [0.15, 0.2) is 0 Å². The number of unbranched alkanes of at least 4 members (excludes halogenated alkanes) is 13. The summed E-state index contributed by atoms with van der Waals surface area (Å²) in [7, 11) is 0. The van der Waals surface area contributed by atoms with Crippen molar-refractivity contribution < 1.29 is 9.59 Å². The molecule has 0 aliphatic heterocycles. The van der Waals surface area contributed by atoms with Gasteiger partial charge in [0.2, 0.25) is 0 Å². The minimum atomic E-state index is -0.00429. The van der Waals surface area contributed by atoms with Crippen LogP contribution in [0.3, 0.4) is 0 Å². The summed E-state index contributed by atoms with van der Waals surface area (Å²) in [6.07, 6.45) is 19.3. The van der Waals surface area contributed by atoms with Gasteiger partial charge in [0.05, 0.1) is 6.42 Å². The van der Waals surface area contributed by atoms with E-state index in [1.165, 1.54) is 84.0 Å². The van der Waals surface area contributed by atoms with Crippen LogP contribution in [0.1, 0.15) is 117 Å². The maximum absolute atomic E-state index is 11.4. The highest BCUT2D eigenvalue weighted by molar-refractivity contribution is 5.97. The molecule has 0 unspecified atom stereocenters. The SMILES string of the molecule is CCCCCCCCCCCCCCCCC(=O)CC(C)=O. The van der Waals surface area contributed by atoms with E-state index in [0.29, 0.717) is 6.42 Å². The molecule has 0 N–H and O–H groups in total. The Kier molecular flexibility index (Phi) is 16.2. The lowest BCUT2D eigenvalue weighted by molar-refractivity contribution is -0.125. The van der Waals surface area contributed by atoms with Gasteiger partial charge in [-0.3, -0.25) is 9.59 Å². The molecule has 0 atom stereocenters. The minimum Gasteiger partial charge on any atom is -0.300 e. The molecular weight excluding hydrogens is 272 g/mol. The Morgan fingerprint density at radius 3 is 1.32 bits per heavy atom. The fourth-order valence-corrected chi connectivity index (χ4v) is 2.88. The molecule has 0 aromatic heterocycles. The van der Waals surface area contributed by atoms with Crippen molar-refractivity contribution in [2.45, 2.75) is 117 Å². The van der Waals surface area contributed by atoms with Crippen molar-refractivity contribution in [2.75, 3.05) is 0 Å². The number of Topliss-reactive ketones (excluding diaryl/α,β-unsaturated/α-hetero) is 2. The van der Waals surface area contributed by atoms with Crippen molar-refractivity contribution in [3.05, 3.63) is 0 Å². The molecule has 0 bridgehead atoms. The molecule has 0 saturated heterocycles. The van der Waals surface area contributed by atoms with Crippen LogP contribution in [0.15, 0.2) is 0 Å². The van der Waals surface area contributed by atoms with E-state index in [-0.39, 0.29) is 18.0 Å². The quantitative estimate of drug-likeness (QED) is 0.230. The fourth-order valence-electron chi connectivity index (χ4n) is 2.88. The Morgan fingerprint density at radius 2 is 0.955 bits per heavy atom. The van der Waals surface area contributed by atoms with Crippen LogP contribution in [0.2, 0.25) is 0 Å². The zero-order chi connectivity index (χ0) is 16.5. The highest BCUT2D eigenvalue weighted by atomic mass is 16.1. The summed E-state index contributed by atoms with van der Waals surface area (Å²) in [6, 6.07) is 0. The molecule has 0 fully saturated rings. The third kappa shape index (κ3) is 17.4. The second-order valence-electron chi connectivity index (χ2n) is 6.76. The van der Waals surface area contributed by atoms with Gasteiger partial charge in [-0.25, -0.2) is 0 Å². The molecule has 0 aliphatic carbocycles. The van der Waals surface area contributed by atoms with E-state index >= 15 is 0 Å². The Labute approximate surface area is 138 Å². The molecule has 0 amide bonds. The monoisotopic (exact) mass is 310 g/mol. The molecule has 0 aromatic carbocycles. The molecule has 0 spiro atoms. The molecule has 130 valence electrons. The second-order valence-corrected chi connectivity index (χ2v) is 6.76. The number of hydrogen-bond donors (Lipinski definition) is 0. The van der Waals surface area contributed by atoms with E-state index in [0.717, 1.165) is 12.8 Å². The van der Waals surface area contributed by atoms with Crippen molar-refractivity contribution in [3.63, 3.8) is 0 Å². The first-order valence-corrected chi connectivity index (χ1v) is 9.68. The number of ketones is 2. The topological polar surface area (TPSA) is 34.1 Å². The van der Waals surface area contributed by atoms with Gasteiger partial charge in [-0.2, -0.15) is 0 Å². The summed E-state index contributed by atoms with van der Waals surface area (Å²) < 4.78 is 0. The lowest BCUT2D eigenvalue weighted by Gasteiger charge is -2.03. The molecule has 0 rings (SSSR count). The van der Waals surface area contributed by atoms with Crippen molar-refractivity contribution in [1.82, 2.24) is 0 Å². The first kappa shape index (κ1) is 21.3. The Hall–Kier alpha value is -0.660. The average Bonchev–Trinajstić information content (AvgIpc) is 2.47. The minimum absolute atomic E-state index is 0.00429. The van der Waals surface area contributed by atoms with E-state index in [4.69, 9.17) is 0 Å². The fraction of sp³-hybridized carbons (Fsp3) is 0.900. The Morgan fingerprint density at radius 1 is 0.591 bits per heavy atom. The maximum atomic E-state index is 11.4. The van der Waals surface area contributed by atoms with Gasteiger partial charge >= 0.3 is 0 Å². The standard InChI is InChI=1S/C20H38O2/c1-3-4-5-6-7-8-9-10-11-12-13-14-15-16-17-20(22)18-19(2)21/h3-18H2,1-2H3. The molecule has 0 aromatic rings. The molecule has 0 radical (unpaired) electrons. The van der Waals surface area contributed by atoms with Crippen LogP contribution in [0, 0.1) is 0 Å². The first-order chi connectivity index (χ1) is 10.7. The summed E-state index contributed by atoms with van der Waals surface area (Å²) in [5.41, 5.74) is 0. The Balaban J connectivity index is 3.08. The van der Waals surface area contributed by atoms with Crippen molar-refractivity contribution in [1.29, 1.82) is 0 Å². The van der Waals surface area contributed by atoms with Crippen LogP contribution in [0.5, 0.6) is 0 Å². The molecule has 2 heteroatoms. The molecular formula is C20H38O2. The van der Waals surface area contributed by atoms with Crippen LogP contribution in [-0.2, 0) is 9.59 Å². The number of hydrogen-bond acceptors (Lipinski definition) is 2. The number of carbonyl (C=O) groups is 2. The van der Waals surface area contributed by atoms with Gasteiger partial charge in [0.25, 0.3) is 0 Å². The van der Waals surface area contributed by atoms with Gasteiger partial charge in [0.1, 0.15) is 11.6 Å². The molecule has 0 heterocycles. The smallest absolute Gasteiger partial charge is 0.140 e. The van der Waals surface area contributed by atoms with Gasteiger partial charge in [-0.15, -0.1) is 0 Å². The lowest BCUT2D eigenvalue weighted by Crippen LogP contribution is -2.03. The number of rotatable bonds is 17. The van der Waals surface area contributed by atoms with E-state index < -0.39 is 0 Å². The van der Waals surface area contributed by atoms with Gasteiger partial charge < -0.3 is 0 Å². The predicted molar refractivity (Wildman–Crippen MR) is 95.2 cm³/mol.